The Balaban J connectivity index is 2.06. The number of hydrogen-bond acceptors (Lipinski definition) is 3. The Morgan fingerprint density at radius 1 is 1.50 bits per heavy atom. The van der Waals surface area contributed by atoms with Gasteiger partial charge in [-0.3, -0.25) is 4.79 Å². The normalized spacial score (nSPS) is 22.4. The lowest BCUT2D eigenvalue weighted by Gasteiger charge is -2.29. The van der Waals surface area contributed by atoms with Gasteiger partial charge in [-0.1, -0.05) is 26.2 Å². The highest BCUT2D eigenvalue weighted by Crippen LogP contribution is 2.27. The summed E-state index contributed by atoms with van der Waals surface area (Å²) in [5.74, 6) is 1.33. The van der Waals surface area contributed by atoms with E-state index < -0.39 is 0 Å². The summed E-state index contributed by atoms with van der Waals surface area (Å²) >= 11 is 3.37. The predicted octanol–water partition coefficient (Wildman–Crippen LogP) is 3.58. The molecule has 0 bridgehead atoms. The van der Waals surface area contributed by atoms with Crippen molar-refractivity contribution in [1.82, 2.24) is 10.3 Å². The van der Waals surface area contributed by atoms with E-state index in [-0.39, 0.29) is 5.91 Å². The molecule has 2 rings (SSSR count). The highest BCUT2D eigenvalue weighted by Gasteiger charge is 2.23. The Kier molecular flexibility index (Phi) is 5.40. The van der Waals surface area contributed by atoms with Crippen LogP contribution in [0.25, 0.3) is 0 Å². The van der Waals surface area contributed by atoms with Crippen molar-refractivity contribution >= 4 is 27.7 Å². The fourth-order valence-electron chi connectivity index (χ4n) is 2.87. The lowest BCUT2D eigenvalue weighted by Crippen LogP contribution is -2.38. The van der Waals surface area contributed by atoms with E-state index in [1.807, 2.05) is 6.07 Å². The molecule has 2 N–H and O–H groups in total. The molecule has 1 aromatic rings. The molecular weight excluding hydrogens is 318 g/mol. The maximum absolute atomic E-state index is 12.4. The third kappa shape index (κ3) is 3.72. The molecule has 4 nitrogen and oxygen atoms in total. The molecule has 1 aromatic heterocycles. The van der Waals surface area contributed by atoms with Gasteiger partial charge in [0.1, 0.15) is 5.82 Å². The van der Waals surface area contributed by atoms with Gasteiger partial charge in [-0.15, -0.1) is 0 Å². The van der Waals surface area contributed by atoms with Crippen LogP contribution in [-0.2, 0) is 0 Å². The number of amides is 1. The zero-order valence-corrected chi connectivity index (χ0v) is 13.7. The van der Waals surface area contributed by atoms with E-state index in [1.54, 1.807) is 13.2 Å². The molecule has 5 heteroatoms. The van der Waals surface area contributed by atoms with E-state index in [2.05, 4.69) is 38.5 Å². The third-order valence-electron chi connectivity index (χ3n) is 4.03. The second-order valence-corrected chi connectivity index (χ2v) is 6.33. The number of halogens is 1. The predicted molar refractivity (Wildman–Crippen MR) is 85.0 cm³/mol. The zero-order chi connectivity index (χ0) is 14.5. The number of rotatable bonds is 4. The first-order valence-corrected chi connectivity index (χ1v) is 8.07. The Morgan fingerprint density at radius 3 is 3.00 bits per heavy atom. The maximum Gasteiger partial charge on any atom is 0.255 e. The number of pyridine rings is 1. The van der Waals surface area contributed by atoms with Crippen LogP contribution >= 0.6 is 15.9 Å². The Bertz CT molecular complexity index is 478. The van der Waals surface area contributed by atoms with Crippen LogP contribution in [-0.4, -0.2) is 24.0 Å². The summed E-state index contributed by atoms with van der Waals surface area (Å²) in [5.41, 5.74) is 0.598. The Labute approximate surface area is 128 Å². The maximum atomic E-state index is 12.4. The third-order valence-corrected chi connectivity index (χ3v) is 4.46. The molecular formula is C15H22BrN3O. The molecule has 0 aromatic carbocycles. The topological polar surface area (TPSA) is 54.0 Å². The average Bonchev–Trinajstić information content (AvgIpc) is 2.47. The van der Waals surface area contributed by atoms with Crippen LogP contribution in [0.15, 0.2) is 16.7 Å². The van der Waals surface area contributed by atoms with Crippen molar-refractivity contribution in [3.8, 4) is 0 Å². The SMILES string of the molecule is CCC1CCCC(NC(=O)c2cc(Br)cnc2NC)C1. The van der Waals surface area contributed by atoms with Gasteiger partial charge >= 0.3 is 0 Å². The average molecular weight is 340 g/mol. The molecule has 1 amide bonds. The summed E-state index contributed by atoms with van der Waals surface area (Å²) in [6.07, 6.45) is 7.57. The second-order valence-electron chi connectivity index (χ2n) is 5.41. The van der Waals surface area contributed by atoms with E-state index in [1.165, 1.54) is 19.3 Å². The molecule has 1 heterocycles. The number of hydrogen-bond donors (Lipinski definition) is 2. The van der Waals surface area contributed by atoms with E-state index >= 15 is 0 Å². The first-order chi connectivity index (χ1) is 9.63. The van der Waals surface area contributed by atoms with Crippen LogP contribution in [0.1, 0.15) is 49.4 Å². The summed E-state index contributed by atoms with van der Waals surface area (Å²) in [4.78, 5) is 16.7. The molecule has 1 aliphatic rings. The van der Waals surface area contributed by atoms with Gasteiger partial charge < -0.3 is 10.6 Å². The monoisotopic (exact) mass is 339 g/mol. The van der Waals surface area contributed by atoms with Crippen LogP contribution < -0.4 is 10.6 Å². The second kappa shape index (κ2) is 7.07. The van der Waals surface area contributed by atoms with E-state index in [0.717, 1.165) is 23.2 Å². The Morgan fingerprint density at radius 2 is 2.30 bits per heavy atom. The Hall–Kier alpha value is -1.10. The minimum absolute atomic E-state index is 0.0371. The van der Waals surface area contributed by atoms with Crippen molar-refractivity contribution in [1.29, 1.82) is 0 Å². The number of carbonyl (C=O) groups is 1. The molecule has 0 aliphatic heterocycles. The number of aromatic nitrogens is 1. The fourth-order valence-corrected chi connectivity index (χ4v) is 3.20. The van der Waals surface area contributed by atoms with Crippen molar-refractivity contribution in [3.05, 3.63) is 22.3 Å². The minimum Gasteiger partial charge on any atom is -0.372 e. The van der Waals surface area contributed by atoms with Crippen molar-refractivity contribution in [2.75, 3.05) is 12.4 Å². The smallest absolute Gasteiger partial charge is 0.255 e. The lowest BCUT2D eigenvalue weighted by atomic mass is 9.84. The summed E-state index contributed by atoms with van der Waals surface area (Å²) in [6.45, 7) is 2.23. The standard InChI is InChI=1S/C15H22BrN3O/c1-3-10-5-4-6-12(7-10)19-15(20)13-8-11(16)9-18-14(13)17-2/h8-10,12H,3-7H2,1-2H3,(H,17,18)(H,19,20). The van der Waals surface area contributed by atoms with E-state index in [4.69, 9.17) is 0 Å². The molecule has 20 heavy (non-hydrogen) atoms. The van der Waals surface area contributed by atoms with Crippen molar-refractivity contribution < 1.29 is 4.79 Å². The van der Waals surface area contributed by atoms with Gasteiger partial charge in [0.05, 0.1) is 5.56 Å². The number of nitrogens with zero attached hydrogens (tertiary/aromatic N) is 1. The molecule has 1 aliphatic carbocycles. The van der Waals surface area contributed by atoms with Gasteiger partial charge in [-0.25, -0.2) is 4.98 Å². The summed E-state index contributed by atoms with van der Waals surface area (Å²) in [5, 5.41) is 6.13. The van der Waals surface area contributed by atoms with Gasteiger partial charge in [-0.05, 0) is 40.8 Å². The van der Waals surface area contributed by atoms with Gasteiger partial charge in [0.2, 0.25) is 0 Å². The number of carbonyl (C=O) groups excluding carboxylic acids is 1. The highest BCUT2D eigenvalue weighted by atomic mass is 79.9. The van der Waals surface area contributed by atoms with Crippen molar-refractivity contribution in [3.63, 3.8) is 0 Å². The zero-order valence-electron chi connectivity index (χ0n) is 12.1. The van der Waals surface area contributed by atoms with Gasteiger partial charge in [0.25, 0.3) is 5.91 Å². The molecule has 2 unspecified atom stereocenters. The first-order valence-electron chi connectivity index (χ1n) is 7.28. The molecule has 1 fully saturated rings. The highest BCUT2D eigenvalue weighted by molar-refractivity contribution is 9.10. The summed E-state index contributed by atoms with van der Waals surface area (Å²) in [6, 6.07) is 2.11. The molecule has 0 spiro atoms. The van der Waals surface area contributed by atoms with E-state index in [9.17, 15) is 4.79 Å². The van der Waals surface area contributed by atoms with Crippen LogP contribution in [0.3, 0.4) is 0 Å². The molecule has 0 radical (unpaired) electrons. The number of nitrogens with one attached hydrogen (secondary N) is 2. The van der Waals surface area contributed by atoms with Crippen LogP contribution in [0.4, 0.5) is 5.82 Å². The van der Waals surface area contributed by atoms with Crippen molar-refractivity contribution in [2.24, 2.45) is 5.92 Å². The van der Waals surface area contributed by atoms with Gasteiger partial charge in [-0.2, -0.15) is 0 Å². The fraction of sp³-hybridized carbons (Fsp3) is 0.600. The van der Waals surface area contributed by atoms with Crippen LogP contribution in [0.2, 0.25) is 0 Å². The lowest BCUT2D eigenvalue weighted by molar-refractivity contribution is 0.0919. The van der Waals surface area contributed by atoms with Crippen molar-refractivity contribution in [2.45, 2.75) is 45.1 Å². The summed E-state index contributed by atoms with van der Waals surface area (Å²) < 4.78 is 0.816. The van der Waals surface area contributed by atoms with E-state index in [0.29, 0.717) is 17.4 Å². The van der Waals surface area contributed by atoms with Crippen LogP contribution in [0.5, 0.6) is 0 Å². The van der Waals surface area contributed by atoms with Gasteiger partial charge in [0.15, 0.2) is 0 Å². The van der Waals surface area contributed by atoms with Gasteiger partial charge in [0, 0.05) is 23.8 Å². The molecule has 2 atom stereocenters. The minimum atomic E-state index is -0.0371. The molecule has 1 saturated carbocycles. The largest absolute Gasteiger partial charge is 0.372 e. The molecule has 110 valence electrons. The molecule has 0 saturated heterocycles. The number of anilines is 1. The summed E-state index contributed by atoms with van der Waals surface area (Å²) in [7, 11) is 1.78. The van der Waals surface area contributed by atoms with Crippen LogP contribution in [0, 0.1) is 5.92 Å². The first kappa shape index (κ1) is 15.3. The quantitative estimate of drug-likeness (QED) is 0.881.